The Kier molecular flexibility index (Phi) is 7.70. The van der Waals surface area contributed by atoms with Gasteiger partial charge in [0.1, 0.15) is 5.75 Å². The molecule has 0 saturated carbocycles. The predicted molar refractivity (Wildman–Crippen MR) is 124 cm³/mol. The van der Waals surface area contributed by atoms with Crippen LogP contribution < -0.4 is 14.4 Å². The maximum absolute atomic E-state index is 12.8. The van der Waals surface area contributed by atoms with Crippen LogP contribution in [0.2, 0.25) is 5.02 Å². The summed E-state index contributed by atoms with van der Waals surface area (Å²) in [5.41, 5.74) is 0.516. The highest BCUT2D eigenvalue weighted by Crippen LogP contribution is 2.31. The van der Waals surface area contributed by atoms with E-state index < -0.39 is 16.0 Å². The number of hydrogen-bond donors (Lipinski definition) is 2. The van der Waals surface area contributed by atoms with E-state index in [2.05, 4.69) is 4.72 Å². The number of aromatic carboxylic acids is 1. The Labute approximate surface area is 197 Å². The van der Waals surface area contributed by atoms with Crippen LogP contribution in [-0.4, -0.2) is 52.3 Å². The summed E-state index contributed by atoms with van der Waals surface area (Å²) in [6.45, 7) is 3.05. The van der Waals surface area contributed by atoms with Gasteiger partial charge in [0, 0.05) is 18.8 Å². The van der Waals surface area contributed by atoms with Crippen LogP contribution in [0.5, 0.6) is 5.75 Å². The van der Waals surface area contributed by atoms with E-state index in [0.29, 0.717) is 44.0 Å². The van der Waals surface area contributed by atoms with Crippen molar-refractivity contribution in [2.45, 2.75) is 24.7 Å². The fourth-order valence-corrected chi connectivity index (χ4v) is 5.09. The van der Waals surface area contributed by atoms with Crippen molar-refractivity contribution in [3.8, 4) is 5.75 Å². The molecule has 1 fully saturated rings. The molecule has 2 aromatic rings. The normalized spacial score (nSPS) is 14.6. The molecule has 2 aromatic carbocycles. The summed E-state index contributed by atoms with van der Waals surface area (Å²) in [5, 5.41) is 9.86. The number of methoxy groups -OCH3 is 1. The lowest BCUT2D eigenvalue weighted by Crippen LogP contribution is -2.37. The average molecular weight is 497 g/mol. The molecule has 0 aromatic heterocycles. The highest BCUT2D eigenvalue weighted by molar-refractivity contribution is 7.92. The second-order valence-electron chi connectivity index (χ2n) is 7.45. The third kappa shape index (κ3) is 5.69. The molecule has 1 aliphatic rings. The summed E-state index contributed by atoms with van der Waals surface area (Å²) in [5.74, 6) is -1.30. The number of carbonyl (C=O) groups is 2. The number of sulfonamides is 1. The number of piperidine rings is 1. The van der Waals surface area contributed by atoms with Crippen LogP contribution in [0.4, 0.5) is 11.4 Å². The van der Waals surface area contributed by atoms with Crippen molar-refractivity contribution in [3.05, 3.63) is 47.0 Å². The highest BCUT2D eigenvalue weighted by Gasteiger charge is 2.28. The smallest absolute Gasteiger partial charge is 0.337 e. The Morgan fingerprint density at radius 1 is 1.18 bits per heavy atom. The van der Waals surface area contributed by atoms with Gasteiger partial charge in [-0.2, -0.15) is 0 Å². The Bertz CT molecular complexity index is 1150. The van der Waals surface area contributed by atoms with Crippen LogP contribution in [0.15, 0.2) is 41.3 Å². The minimum Gasteiger partial charge on any atom is -0.495 e. The van der Waals surface area contributed by atoms with Crippen molar-refractivity contribution in [2.24, 2.45) is 5.92 Å². The van der Waals surface area contributed by atoms with Gasteiger partial charge in [0.05, 0.1) is 40.8 Å². The maximum Gasteiger partial charge on any atom is 0.337 e. The van der Waals surface area contributed by atoms with E-state index in [0.717, 1.165) is 0 Å². The van der Waals surface area contributed by atoms with Crippen LogP contribution >= 0.6 is 11.6 Å². The maximum atomic E-state index is 12.8. The SMILES string of the molecule is CCOC(=O)C1CCN(c2ccc(NS(=O)(=O)c3ccc(OC)c(Cl)c3)cc2C(=O)O)CC1. The van der Waals surface area contributed by atoms with Gasteiger partial charge in [0.15, 0.2) is 0 Å². The van der Waals surface area contributed by atoms with Crippen molar-refractivity contribution in [2.75, 3.05) is 36.4 Å². The molecule has 9 nitrogen and oxygen atoms in total. The third-order valence-corrected chi connectivity index (χ3v) is 7.04. The first-order chi connectivity index (χ1) is 15.7. The average Bonchev–Trinajstić information content (AvgIpc) is 2.79. The van der Waals surface area contributed by atoms with E-state index in [1.165, 1.54) is 37.4 Å². The summed E-state index contributed by atoms with van der Waals surface area (Å²) in [7, 11) is -2.59. The lowest BCUT2D eigenvalue weighted by Gasteiger charge is -2.33. The van der Waals surface area contributed by atoms with E-state index in [-0.39, 0.29) is 33.1 Å². The second-order valence-corrected chi connectivity index (χ2v) is 9.54. The molecule has 3 rings (SSSR count). The van der Waals surface area contributed by atoms with Gasteiger partial charge in [0.2, 0.25) is 0 Å². The number of ether oxygens (including phenoxy) is 2. The number of rotatable bonds is 8. The van der Waals surface area contributed by atoms with Crippen molar-refractivity contribution in [1.29, 1.82) is 0 Å². The number of hydrogen-bond acceptors (Lipinski definition) is 7. The summed E-state index contributed by atoms with van der Waals surface area (Å²) in [6, 6.07) is 8.37. The van der Waals surface area contributed by atoms with Crippen molar-refractivity contribution in [3.63, 3.8) is 0 Å². The van der Waals surface area contributed by atoms with Gasteiger partial charge in [-0.1, -0.05) is 11.6 Å². The fourth-order valence-electron chi connectivity index (χ4n) is 3.69. The summed E-state index contributed by atoms with van der Waals surface area (Å²) >= 11 is 6.03. The minimum absolute atomic E-state index is 0.0439. The number of carbonyl (C=O) groups excluding carboxylic acids is 1. The van der Waals surface area contributed by atoms with E-state index in [1.807, 2.05) is 4.90 Å². The van der Waals surface area contributed by atoms with Gasteiger partial charge in [-0.05, 0) is 56.2 Å². The number of halogens is 1. The van der Waals surface area contributed by atoms with E-state index in [1.54, 1.807) is 13.0 Å². The Morgan fingerprint density at radius 2 is 1.88 bits per heavy atom. The lowest BCUT2D eigenvalue weighted by molar-refractivity contribution is -0.148. The Morgan fingerprint density at radius 3 is 2.45 bits per heavy atom. The number of anilines is 2. The summed E-state index contributed by atoms with van der Waals surface area (Å²) < 4.78 is 38.0. The molecule has 33 heavy (non-hydrogen) atoms. The zero-order chi connectivity index (χ0) is 24.2. The topological polar surface area (TPSA) is 122 Å². The number of nitrogens with zero attached hydrogens (tertiary/aromatic N) is 1. The molecule has 0 unspecified atom stereocenters. The predicted octanol–water partition coefficient (Wildman–Crippen LogP) is 3.63. The van der Waals surface area contributed by atoms with Gasteiger partial charge in [-0.3, -0.25) is 9.52 Å². The first-order valence-electron chi connectivity index (χ1n) is 10.3. The van der Waals surface area contributed by atoms with E-state index in [4.69, 9.17) is 21.1 Å². The van der Waals surface area contributed by atoms with Crippen LogP contribution in [0.25, 0.3) is 0 Å². The molecular weight excluding hydrogens is 472 g/mol. The van der Waals surface area contributed by atoms with Crippen LogP contribution in [0.3, 0.4) is 0 Å². The molecule has 0 amide bonds. The molecule has 1 saturated heterocycles. The van der Waals surface area contributed by atoms with E-state index >= 15 is 0 Å². The molecular formula is C22H25ClN2O7S. The molecule has 2 N–H and O–H groups in total. The summed E-state index contributed by atoms with van der Waals surface area (Å²) in [4.78, 5) is 25.7. The van der Waals surface area contributed by atoms with Crippen molar-refractivity contribution in [1.82, 2.24) is 0 Å². The molecule has 0 aliphatic carbocycles. The zero-order valence-electron chi connectivity index (χ0n) is 18.2. The van der Waals surface area contributed by atoms with E-state index in [9.17, 15) is 23.1 Å². The first kappa shape index (κ1) is 24.7. The molecule has 11 heteroatoms. The van der Waals surface area contributed by atoms with Crippen molar-refractivity contribution >= 4 is 44.9 Å². The quantitative estimate of drug-likeness (QED) is 0.531. The molecule has 1 heterocycles. The number of esters is 1. The van der Waals surface area contributed by atoms with Crippen molar-refractivity contribution < 1.29 is 32.6 Å². The first-order valence-corrected chi connectivity index (χ1v) is 12.2. The number of benzene rings is 2. The molecule has 0 bridgehead atoms. The second kappa shape index (κ2) is 10.3. The fraction of sp³-hybridized carbons (Fsp3) is 0.364. The lowest BCUT2D eigenvalue weighted by atomic mass is 9.96. The standard InChI is InChI=1S/C22H25ClN2O7S/c1-3-32-22(28)14-8-10-25(11-9-14)19-6-4-15(12-17(19)21(26)27)24-33(29,30)16-5-7-20(31-2)18(23)13-16/h4-7,12-14,24H,3,8-11H2,1-2H3,(H,26,27). The number of carboxylic acids is 1. The van der Waals surface area contributed by atoms with Crippen LogP contribution in [0.1, 0.15) is 30.1 Å². The van der Waals surface area contributed by atoms with Crippen LogP contribution in [0, 0.1) is 5.92 Å². The number of carboxylic acid groups (broad SMARTS) is 1. The monoisotopic (exact) mass is 496 g/mol. The highest BCUT2D eigenvalue weighted by atomic mass is 35.5. The molecule has 0 radical (unpaired) electrons. The largest absolute Gasteiger partial charge is 0.495 e. The van der Waals surface area contributed by atoms with Crippen LogP contribution in [-0.2, 0) is 19.6 Å². The molecule has 0 spiro atoms. The van der Waals surface area contributed by atoms with Gasteiger partial charge < -0.3 is 19.5 Å². The number of nitrogens with one attached hydrogen (secondary N) is 1. The molecule has 0 atom stereocenters. The Hall–Kier alpha value is -2.98. The Balaban J connectivity index is 1.80. The van der Waals surface area contributed by atoms with Gasteiger partial charge in [0.25, 0.3) is 10.0 Å². The minimum atomic E-state index is -4.01. The molecule has 178 valence electrons. The van der Waals surface area contributed by atoms with Gasteiger partial charge in [-0.25, -0.2) is 13.2 Å². The molecule has 1 aliphatic heterocycles. The third-order valence-electron chi connectivity index (χ3n) is 5.37. The van der Waals surface area contributed by atoms with Gasteiger partial charge in [-0.15, -0.1) is 0 Å². The zero-order valence-corrected chi connectivity index (χ0v) is 19.8. The van der Waals surface area contributed by atoms with Gasteiger partial charge >= 0.3 is 11.9 Å². The summed E-state index contributed by atoms with van der Waals surface area (Å²) in [6.07, 6.45) is 1.09.